The maximum absolute atomic E-state index is 11.4. The molecule has 1 aromatic heterocycles. The monoisotopic (exact) mass is 337 g/mol. The standard InChI is InChI=1S/C15H15NO2S3/c1-21(17,18)15-8-6-12(7-9-15)19-11-14-5-4-13(20-14)3-2-10-16/h4-9H,10-11,16H2,1H3. The number of benzene rings is 1. The van der Waals surface area contributed by atoms with Crippen molar-refractivity contribution in [1.29, 1.82) is 0 Å². The summed E-state index contributed by atoms with van der Waals surface area (Å²) in [5, 5.41) is 0. The van der Waals surface area contributed by atoms with Crippen molar-refractivity contribution < 1.29 is 8.42 Å². The minimum atomic E-state index is -3.12. The Bertz CT molecular complexity index is 765. The quantitative estimate of drug-likeness (QED) is 0.688. The molecular weight excluding hydrogens is 322 g/mol. The van der Waals surface area contributed by atoms with Crippen LogP contribution >= 0.6 is 23.1 Å². The summed E-state index contributed by atoms with van der Waals surface area (Å²) in [4.78, 5) is 3.64. The Morgan fingerprint density at radius 3 is 2.52 bits per heavy atom. The predicted octanol–water partition coefficient (Wildman–Crippen LogP) is 2.75. The zero-order chi connectivity index (χ0) is 15.3. The first-order valence-corrected chi connectivity index (χ1v) is 9.89. The first kappa shape index (κ1) is 16.1. The lowest BCUT2D eigenvalue weighted by atomic mass is 10.4. The Kier molecular flexibility index (Phi) is 5.48. The Morgan fingerprint density at radius 1 is 1.19 bits per heavy atom. The molecule has 1 aromatic carbocycles. The van der Waals surface area contributed by atoms with Gasteiger partial charge in [0.15, 0.2) is 9.84 Å². The molecule has 2 rings (SSSR count). The minimum Gasteiger partial charge on any atom is -0.320 e. The van der Waals surface area contributed by atoms with Crippen LogP contribution in [0.1, 0.15) is 9.75 Å². The lowest BCUT2D eigenvalue weighted by Crippen LogP contribution is -1.95. The molecule has 21 heavy (non-hydrogen) atoms. The van der Waals surface area contributed by atoms with Crippen LogP contribution in [0.2, 0.25) is 0 Å². The van der Waals surface area contributed by atoms with Gasteiger partial charge in [-0.25, -0.2) is 8.42 Å². The van der Waals surface area contributed by atoms with E-state index in [2.05, 4.69) is 17.9 Å². The van der Waals surface area contributed by atoms with Gasteiger partial charge in [-0.1, -0.05) is 11.8 Å². The van der Waals surface area contributed by atoms with Crippen molar-refractivity contribution >= 4 is 32.9 Å². The molecule has 110 valence electrons. The summed E-state index contributed by atoms with van der Waals surface area (Å²) >= 11 is 3.33. The summed E-state index contributed by atoms with van der Waals surface area (Å²) < 4.78 is 22.8. The number of sulfone groups is 1. The van der Waals surface area contributed by atoms with Crippen molar-refractivity contribution in [3.63, 3.8) is 0 Å². The lowest BCUT2D eigenvalue weighted by molar-refractivity contribution is 0.602. The molecular formula is C15H15NO2S3. The van der Waals surface area contributed by atoms with Gasteiger partial charge in [0.05, 0.1) is 16.3 Å². The highest BCUT2D eigenvalue weighted by Gasteiger charge is 2.06. The highest BCUT2D eigenvalue weighted by Crippen LogP contribution is 2.27. The van der Waals surface area contributed by atoms with E-state index in [-0.39, 0.29) is 0 Å². The molecule has 0 unspecified atom stereocenters. The van der Waals surface area contributed by atoms with Crippen molar-refractivity contribution in [2.75, 3.05) is 12.8 Å². The topological polar surface area (TPSA) is 60.2 Å². The van der Waals surface area contributed by atoms with E-state index in [1.807, 2.05) is 18.2 Å². The number of thioether (sulfide) groups is 1. The van der Waals surface area contributed by atoms with Crippen LogP contribution in [0, 0.1) is 11.8 Å². The number of thiophene rings is 1. The fourth-order valence-corrected chi connectivity index (χ4v) is 4.05. The summed E-state index contributed by atoms with van der Waals surface area (Å²) in [6.45, 7) is 0.370. The predicted molar refractivity (Wildman–Crippen MR) is 89.4 cm³/mol. The molecule has 0 radical (unpaired) electrons. The molecule has 0 bridgehead atoms. The van der Waals surface area contributed by atoms with E-state index in [9.17, 15) is 8.42 Å². The normalized spacial score (nSPS) is 11.0. The number of hydrogen-bond donors (Lipinski definition) is 1. The Labute approximate surface area is 133 Å². The van der Waals surface area contributed by atoms with Crippen LogP contribution in [0.5, 0.6) is 0 Å². The van der Waals surface area contributed by atoms with E-state index in [0.29, 0.717) is 11.4 Å². The van der Waals surface area contributed by atoms with Crippen LogP contribution < -0.4 is 5.73 Å². The zero-order valence-corrected chi connectivity index (χ0v) is 13.9. The van der Waals surface area contributed by atoms with Gasteiger partial charge >= 0.3 is 0 Å². The molecule has 2 N–H and O–H groups in total. The molecule has 0 saturated carbocycles. The third-order valence-electron chi connectivity index (χ3n) is 2.61. The summed E-state index contributed by atoms with van der Waals surface area (Å²) in [7, 11) is -3.12. The number of nitrogens with two attached hydrogens (primary N) is 1. The van der Waals surface area contributed by atoms with E-state index in [1.165, 1.54) is 11.1 Å². The second-order valence-electron chi connectivity index (χ2n) is 4.30. The second-order valence-corrected chi connectivity index (χ2v) is 8.54. The first-order valence-electron chi connectivity index (χ1n) is 6.19. The van der Waals surface area contributed by atoms with Gasteiger partial charge in [0.1, 0.15) is 0 Å². The molecule has 0 aliphatic rings. The van der Waals surface area contributed by atoms with Crippen molar-refractivity contribution in [3.8, 4) is 11.8 Å². The minimum absolute atomic E-state index is 0.349. The number of rotatable bonds is 4. The van der Waals surface area contributed by atoms with Crippen LogP contribution in [0.25, 0.3) is 0 Å². The summed E-state index contributed by atoms with van der Waals surface area (Å²) in [6, 6.07) is 11.0. The summed E-state index contributed by atoms with van der Waals surface area (Å²) in [6.07, 6.45) is 1.21. The van der Waals surface area contributed by atoms with Gasteiger partial charge in [0.25, 0.3) is 0 Å². The van der Waals surface area contributed by atoms with Gasteiger partial charge in [0.2, 0.25) is 0 Å². The molecule has 1 heterocycles. The molecule has 0 fully saturated rings. The van der Waals surface area contributed by atoms with E-state index in [4.69, 9.17) is 5.73 Å². The van der Waals surface area contributed by atoms with Crippen molar-refractivity contribution in [2.45, 2.75) is 15.5 Å². The van der Waals surface area contributed by atoms with E-state index in [0.717, 1.165) is 15.5 Å². The van der Waals surface area contributed by atoms with Crippen molar-refractivity contribution in [2.24, 2.45) is 5.73 Å². The molecule has 0 atom stereocenters. The SMILES string of the molecule is CS(=O)(=O)c1ccc(SCc2ccc(C#CCN)s2)cc1. The van der Waals surface area contributed by atoms with E-state index < -0.39 is 9.84 Å². The van der Waals surface area contributed by atoms with Gasteiger partial charge < -0.3 is 5.73 Å². The second kappa shape index (κ2) is 7.14. The molecule has 0 saturated heterocycles. The van der Waals surface area contributed by atoms with Gasteiger partial charge in [-0.2, -0.15) is 0 Å². The van der Waals surface area contributed by atoms with Crippen LogP contribution in [0.15, 0.2) is 46.2 Å². The van der Waals surface area contributed by atoms with Crippen LogP contribution in [-0.4, -0.2) is 21.2 Å². The van der Waals surface area contributed by atoms with Gasteiger partial charge in [-0.3, -0.25) is 0 Å². The third kappa shape index (κ3) is 4.90. The van der Waals surface area contributed by atoms with Crippen LogP contribution in [-0.2, 0) is 15.6 Å². The van der Waals surface area contributed by atoms with E-state index >= 15 is 0 Å². The maximum Gasteiger partial charge on any atom is 0.175 e. The van der Waals surface area contributed by atoms with Gasteiger partial charge in [-0.05, 0) is 36.4 Å². The maximum atomic E-state index is 11.4. The molecule has 2 aromatic rings. The Hall–Kier alpha value is -1.26. The van der Waals surface area contributed by atoms with Crippen LogP contribution in [0.3, 0.4) is 0 Å². The van der Waals surface area contributed by atoms with Crippen molar-refractivity contribution in [1.82, 2.24) is 0 Å². The molecule has 0 amide bonds. The molecule has 0 spiro atoms. The van der Waals surface area contributed by atoms with Crippen LogP contribution in [0.4, 0.5) is 0 Å². The fourth-order valence-electron chi connectivity index (χ4n) is 1.60. The lowest BCUT2D eigenvalue weighted by Gasteiger charge is -2.02. The van der Waals surface area contributed by atoms with Crippen molar-refractivity contribution in [3.05, 3.63) is 46.2 Å². The summed E-state index contributed by atoms with van der Waals surface area (Å²) in [5.41, 5.74) is 5.34. The highest BCUT2D eigenvalue weighted by molar-refractivity contribution is 7.98. The molecule has 6 heteroatoms. The largest absolute Gasteiger partial charge is 0.320 e. The third-order valence-corrected chi connectivity index (χ3v) is 5.98. The number of hydrogen-bond acceptors (Lipinski definition) is 5. The van der Waals surface area contributed by atoms with E-state index in [1.54, 1.807) is 35.2 Å². The summed E-state index contributed by atoms with van der Waals surface area (Å²) in [5.74, 6) is 6.69. The Balaban J connectivity index is 1.98. The average molecular weight is 337 g/mol. The average Bonchev–Trinajstić information content (AvgIpc) is 2.90. The zero-order valence-electron chi connectivity index (χ0n) is 11.5. The highest BCUT2D eigenvalue weighted by atomic mass is 32.2. The molecule has 0 aliphatic carbocycles. The Morgan fingerprint density at radius 2 is 1.90 bits per heavy atom. The molecule has 0 aliphatic heterocycles. The van der Waals surface area contributed by atoms with Gasteiger partial charge in [0, 0.05) is 21.8 Å². The fraction of sp³-hybridized carbons (Fsp3) is 0.200. The first-order chi connectivity index (χ1) is 9.99. The van der Waals surface area contributed by atoms with Gasteiger partial charge in [-0.15, -0.1) is 23.1 Å². The molecule has 3 nitrogen and oxygen atoms in total. The smallest absolute Gasteiger partial charge is 0.175 e.